The van der Waals surface area contributed by atoms with Gasteiger partial charge in [-0.2, -0.15) is 10.5 Å². The predicted molar refractivity (Wildman–Crippen MR) is 85.4 cm³/mol. The van der Waals surface area contributed by atoms with Crippen LogP contribution in [0.3, 0.4) is 0 Å². The van der Waals surface area contributed by atoms with E-state index < -0.39 is 17.4 Å². The Labute approximate surface area is 141 Å². The van der Waals surface area contributed by atoms with Crippen LogP contribution >= 0.6 is 0 Å². The van der Waals surface area contributed by atoms with E-state index in [1.807, 2.05) is 13.0 Å². The van der Waals surface area contributed by atoms with Gasteiger partial charge in [0, 0.05) is 17.7 Å². The van der Waals surface area contributed by atoms with Crippen LogP contribution in [0, 0.1) is 28.6 Å². The zero-order valence-electron chi connectivity index (χ0n) is 13.8. The molecule has 1 amide bonds. The minimum Gasteiger partial charge on any atom is -0.465 e. The van der Waals surface area contributed by atoms with Gasteiger partial charge in [0.05, 0.1) is 18.7 Å². The molecule has 1 aliphatic heterocycles. The molecular weight excluding hydrogens is 306 g/mol. The smallest absolute Gasteiger partial charge is 0.327 e. The molecule has 0 bridgehead atoms. The molecule has 2 atom stereocenters. The number of rotatable bonds is 6. The van der Waals surface area contributed by atoms with Gasteiger partial charge in [-0.25, -0.2) is 0 Å². The predicted octanol–water partition coefficient (Wildman–Crippen LogP) is 2.36. The lowest BCUT2D eigenvalue weighted by atomic mass is 9.79. The van der Waals surface area contributed by atoms with Crippen LogP contribution in [-0.4, -0.2) is 29.9 Å². The summed E-state index contributed by atoms with van der Waals surface area (Å²) in [6.07, 6.45) is 1.49. The van der Waals surface area contributed by atoms with Crippen molar-refractivity contribution < 1.29 is 14.3 Å². The normalized spacial score (nSPS) is 20.0. The standard InChI is InChI=1S/C18H19N3O3/c1-3-5-10-21-16(22)13-8-6-7-9-14(13)18(21,12-20)15(11-19)17(23)24-4-2/h6-9,15H,3-5,10H2,1-2H3. The Hall–Kier alpha value is -2.86. The highest BCUT2D eigenvalue weighted by molar-refractivity contribution is 6.02. The van der Waals surface area contributed by atoms with Gasteiger partial charge in [-0.1, -0.05) is 31.5 Å². The number of amides is 1. The number of esters is 1. The van der Waals surface area contributed by atoms with E-state index in [1.165, 1.54) is 4.90 Å². The molecule has 1 aromatic rings. The highest BCUT2D eigenvalue weighted by atomic mass is 16.5. The maximum absolute atomic E-state index is 12.8. The Morgan fingerprint density at radius 2 is 2.04 bits per heavy atom. The van der Waals surface area contributed by atoms with Gasteiger partial charge >= 0.3 is 5.97 Å². The van der Waals surface area contributed by atoms with Crippen molar-refractivity contribution in [3.63, 3.8) is 0 Å². The van der Waals surface area contributed by atoms with Crippen LogP contribution in [-0.2, 0) is 15.1 Å². The number of nitrogens with zero attached hydrogens (tertiary/aromatic N) is 3. The van der Waals surface area contributed by atoms with E-state index in [9.17, 15) is 20.1 Å². The van der Waals surface area contributed by atoms with E-state index in [-0.39, 0.29) is 12.5 Å². The molecule has 0 aliphatic carbocycles. The van der Waals surface area contributed by atoms with E-state index in [0.29, 0.717) is 24.1 Å². The molecule has 2 unspecified atom stereocenters. The second-order valence-electron chi connectivity index (χ2n) is 5.55. The Balaban J connectivity index is 2.65. The van der Waals surface area contributed by atoms with Crippen LogP contribution in [0.1, 0.15) is 42.6 Å². The number of nitriles is 2. The number of hydrogen-bond donors (Lipinski definition) is 0. The summed E-state index contributed by atoms with van der Waals surface area (Å²) in [4.78, 5) is 26.5. The SMILES string of the molecule is CCCCN1C(=O)c2ccccc2C1(C#N)C(C#N)C(=O)OCC. The first kappa shape index (κ1) is 17.5. The number of benzene rings is 1. The third-order valence-corrected chi connectivity index (χ3v) is 4.21. The second-order valence-corrected chi connectivity index (χ2v) is 5.55. The van der Waals surface area contributed by atoms with Crippen LogP contribution in [0.4, 0.5) is 0 Å². The Morgan fingerprint density at radius 3 is 2.62 bits per heavy atom. The van der Waals surface area contributed by atoms with E-state index in [4.69, 9.17) is 4.74 Å². The summed E-state index contributed by atoms with van der Waals surface area (Å²) in [5.41, 5.74) is -0.892. The molecule has 1 aliphatic rings. The Morgan fingerprint density at radius 1 is 1.33 bits per heavy atom. The van der Waals surface area contributed by atoms with Crippen molar-refractivity contribution in [2.24, 2.45) is 5.92 Å². The number of fused-ring (bicyclic) bond motifs is 1. The van der Waals surface area contributed by atoms with Gasteiger partial charge in [-0.15, -0.1) is 0 Å². The molecule has 0 spiro atoms. The molecule has 0 saturated heterocycles. The summed E-state index contributed by atoms with van der Waals surface area (Å²) in [5, 5.41) is 19.6. The molecule has 24 heavy (non-hydrogen) atoms. The fraction of sp³-hybridized carbons (Fsp3) is 0.444. The number of carbonyl (C=O) groups excluding carboxylic acids is 2. The summed E-state index contributed by atoms with van der Waals surface area (Å²) in [5.74, 6) is -2.51. The molecule has 0 saturated carbocycles. The lowest BCUT2D eigenvalue weighted by Gasteiger charge is -2.35. The third kappa shape index (κ3) is 2.51. The van der Waals surface area contributed by atoms with Gasteiger partial charge in [0.1, 0.15) is 0 Å². The summed E-state index contributed by atoms with van der Waals surface area (Å²) < 4.78 is 4.99. The average molecular weight is 325 g/mol. The number of carbonyl (C=O) groups is 2. The first-order chi connectivity index (χ1) is 11.6. The highest BCUT2D eigenvalue weighted by Gasteiger charge is 2.58. The molecule has 1 aromatic carbocycles. The zero-order valence-corrected chi connectivity index (χ0v) is 13.8. The van der Waals surface area contributed by atoms with Crippen molar-refractivity contribution in [2.45, 2.75) is 32.2 Å². The minimum atomic E-state index is -1.65. The zero-order chi connectivity index (χ0) is 17.7. The van der Waals surface area contributed by atoms with Gasteiger partial charge in [0.2, 0.25) is 0 Å². The quantitative estimate of drug-likeness (QED) is 0.748. The van der Waals surface area contributed by atoms with Crippen molar-refractivity contribution >= 4 is 11.9 Å². The number of hydrogen-bond acceptors (Lipinski definition) is 5. The van der Waals surface area contributed by atoms with Crippen molar-refractivity contribution in [1.29, 1.82) is 10.5 Å². The summed E-state index contributed by atoms with van der Waals surface area (Å²) in [6.45, 7) is 4.00. The third-order valence-electron chi connectivity index (χ3n) is 4.21. The fourth-order valence-corrected chi connectivity index (χ4v) is 3.09. The van der Waals surface area contributed by atoms with Crippen LogP contribution < -0.4 is 0 Å². The van der Waals surface area contributed by atoms with Gasteiger partial charge < -0.3 is 9.64 Å². The molecule has 6 heteroatoms. The highest BCUT2D eigenvalue weighted by Crippen LogP contribution is 2.44. The molecule has 6 nitrogen and oxygen atoms in total. The van der Waals surface area contributed by atoms with E-state index in [1.54, 1.807) is 31.2 Å². The Kier molecular flexibility index (Phi) is 5.21. The minimum absolute atomic E-state index is 0.100. The van der Waals surface area contributed by atoms with E-state index in [0.717, 1.165) is 6.42 Å². The van der Waals surface area contributed by atoms with Crippen LogP contribution in [0.2, 0.25) is 0 Å². The largest absolute Gasteiger partial charge is 0.465 e. The maximum atomic E-state index is 12.8. The van der Waals surface area contributed by atoms with Gasteiger partial charge in [-0.3, -0.25) is 9.59 Å². The summed E-state index contributed by atoms with van der Waals surface area (Å²) in [7, 11) is 0. The lowest BCUT2D eigenvalue weighted by molar-refractivity contribution is -0.149. The van der Waals surface area contributed by atoms with E-state index in [2.05, 4.69) is 6.07 Å². The van der Waals surface area contributed by atoms with Gasteiger partial charge in [-0.05, 0) is 19.4 Å². The molecule has 0 radical (unpaired) electrons. The first-order valence-electron chi connectivity index (χ1n) is 7.97. The summed E-state index contributed by atoms with van der Waals surface area (Å²) >= 11 is 0. The maximum Gasteiger partial charge on any atom is 0.327 e. The van der Waals surface area contributed by atoms with Crippen LogP contribution in [0.15, 0.2) is 24.3 Å². The average Bonchev–Trinajstić information content (AvgIpc) is 2.84. The molecule has 1 heterocycles. The molecule has 0 N–H and O–H groups in total. The summed E-state index contributed by atoms with van der Waals surface area (Å²) in [6, 6.07) is 10.6. The monoisotopic (exact) mass is 325 g/mol. The number of ether oxygens (including phenoxy) is 1. The molecule has 124 valence electrons. The molecule has 0 fully saturated rings. The molecule has 0 aromatic heterocycles. The molecule has 2 rings (SSSR count). The fourth-order valence-electron chi connectivity index (χ4n) is 3.09. The van der Waals surface area contributed by atoms with Crippen molar-refractivity contribution in [2.75, 3.05) is 13.2 Å². The van der Waals surface area contributed by atoms with Gasteiger partial charge in [0.25, 0.3) is 5.91 Å². The second kappa shape index (κ2) is 7.14. The molecular formula is C18H19N3O3. The van der Waals surface area contributed by atoms with E-state index >= 15 is 0 Å². The van der Waals surface area contributed by atoms with Crippen LogP contribution in [0.5, 0.6) is 0 Å². The van der Waals surface area contributed by atoms with Crippen molar-refractivity contribution in [3.05, 3.63) is 35.4 Å². The van der Waals surface area contributed by atoms with Crippen molar-refractivity contribution in [1.82, 2.24) is 4.90 Å². The lowest BCUT2D eigenvalue weighted by Crippen LogP contribution is -2.51. The Bertz CT molecular complexity index is 732. The number of unbranched alkanes of at least 4 members (excludes halogenated alkanes) is 1. The van der Waals surface area contributed by atoms with Gasteiger partial charge in [0.15, 0.2) is 11.5 Å². The first-order valence-corrected chi connectivity index (χ1v) is 7.97. The topological polar surface area (TPSA) is 94.2 Å². The van der Waals surface area contributed by atoms with Crippen LogP contribution in [0.25, 0.3) is 0 Å². The van der Waals surface area contributed by atoms with Crippen molar-refractivity contribution in [3.8, 4) is 12.1 Å².